The first-order valence-corrected chi connectivity index (χ1v) is 8.86. The Balaban J connectivity index is 1.74. The second-order valence-electron chi connectivity index (χ2n) is 6.51. The monoisotopic (exact) mass is 375 g/mol. The van der Waals surface area contributed by atoms with Crippen molar-refractivity contribution in [2.24, 2.45) is 0 Å². The van der Waals surface area contributed by atoms with Gasteiger partial charge in [0.05, 0.1) is 25.7 Å². The molecule has 0 fully saturated rings. The van der Waals surface area contributed by atoms with E-state index in [4.69, 9.17) is 10.5 Å². The number of aryl methyl sites for hydroxylation is 1. The highest BCUT2D eigenvalue weighted by Gasteiger charge is 2.15. The average molecular weight is 375 g/mol. The summed E-state index contributed by atoms with van der Waals surface area (Å²) in [5.41, 5.74) is 11.0. The normalized spacial score (nSPS) is 11.0. The molecule has 4 rings (SSSR count). The maximum absolute atomic E-state index is 5.96. The zero-order valence-corrected chi connectivity index (χ0v) is 16.0. The third kappa shape index (κ3) is 3.20. The van der Waals surface area contributed by atoms with Gasteiger partial charge in [0.2, 0.25) is 5.95 Å². The highest BCUT2D eigenvalue weighted by Crippen LogP contribution is 2.27. The van der Waals surface area contributed by atoms with E-state index < -0.39 is 0 Å². The largest absolute Gasteiger partial charge is 0.496 e. The Hall–Kier alpha value is -3.68. The molecule has 0 aliphatic rings. The third-order valence-electron chi connectivity index (χ3n) is 4.59. The van der Waals surface area contributed by atoms with Crippen LogP contribution in [-0.2, 0) is 6.54 Å². The summed E-state index contributed by atoms with van der Waals surface area (Å²) in [6, 6.07) is 9.75. The van der Waals surface area contributed by atoms with Gasteiger partial charge in [0.1, 0.15) is 5.75 Å². The van der Waals surface area contributed by atoms with Crippen molar-refractivity contribution in [3.8, 4) is 5.75 Å². The van der Waals surface area contributed by atoms with Crippen LogP contribution in [0.2, 0.25) is 0 Å². The molecule has 28 heavy (non-hydrogen) atoms. The van der Waals surface area contributed by atoms with E-state index in [1.807, 2.05) is 54.9 Å². The number of anilines is 3. The Morgan fingerprint density at radius 3 is 2.64 bits per heavy atom. The Bertz CT molecular complexity index is 1140. The number of hydrogen-bond acceptors (Lipinski definition) is 7. The molecule has 1 aromatic carbocycles. The molecule has 8 heteroatoms. The number of rotatable bonds is 5. The maximum atomic E-state index is 5.96. The summed E-state index contributed by atoms with van der Waals surface area (Å²) in [6.07, 6.45) is 3.54. The van der Waals surface area contributed by atoms with E-state index in [0.29, 0.717) is 23.5 Å². The number of nitrogen functional groups attached to an aromatic ring is 1. The minimum Gasteiger partial charge on any atom is -0.496 e. The molecule has 0 saturated carbocycles. The number of hydrogen-bond donors (Lipinski definition) is 2. The van der Waals surface area contributed by atoms with Gasteiger partial charge in [-0.05, 0) is 26.0 Å². The van der Waals surface area contributed by atoms with Crippen LogP contribution in [0.5, 0.6) is 5.75 Å². The predicted molar refractivity (Wildman–Crippen MR) is 109 cm³/mol. The van der Waals surface area contributed by atoms with Crippen molar-refractivity contribution in [3.63, 3.8) is 0 Å². The molecule has 0 aliphatic carbocycles. The van der Waals surface area contributed by atoms with E-state index in [2.05, 4.69) is 25.3 Å². The van der Waals surface area contributed by atoms with Gasteiger partial charge < -0.3 is 20.4 Å². The van der Waals surface area contributed by atoms with Crippen molar-refractivity contribution in [2.45, 2.75) is 20.4 Å². The topological polar surface area (TPSA) is 104 Å². The number of para-hydroxylation sites is 1. The van der Waals surface area contributed by atoms with Gasteiger partial charge in [0.15, 0.2) is 17.0 Å². The summed E-state index contributed by atoms with van der Waals surface area (Å²) in [4.78, 5) is 17.8. The summed E-state index contributed by atoms with van der Waals surface area (Å²) < 4.78 is 7.42. The number of methoxy groups -OCH3 is 1. The molecule has 4 aromatic rings. The number of nitrogens with zero attached hydrogens (tertiary/aromatic N) is 5. The van der Waals surface area contributed by atoms with Crippen LogP contribution in [-0.4, -0.2) is 31.6 Å². The average Bonchev–Trinajstić information content (AvgIpc) is 3.08. The molecule has 0 saturated heterocycles. The van der Waals surface area contributed by atoms with Crippen LogP contribution in [0.15, 0.2) is 42.9 Å². The Kier molecular flexibility index (Phi) is 4.52. The van der Waals surface area contributed by atoms with Gasteiger partial charge in [-0.2, -0.15) is 9.97 Å². The molecule has 0 unspecified atom stereocenters. The number of ether oxygens (including phenoxy) is 1. The Morgan fingerprint density at radius 2 is 1.89 bits per heavy atom. The fourth-order valence-corrected chi connectivity index (χ4v) is 3.21. The summed E-state index contributed by atoms with van der Waals surface area (Å²) in [5.74, 6) is 1.59. The molecule has 3 heterocycles. The van der Waals surface area contributed by atoms with E-state index in [1.165, 1.54) is 0 Å². The van der Waals surface area contributed by atoms with Gasteiger partial charge in [-0.15, -0.1) is 0 Å². The first kappa shape index (κ1) is 17.7. The highest BCUT2D eigenvalue weighted by molar-refractivity contribution is 5.86. The summed E-state index contributed by atoms with van der Waals surface area (Å²) in [5, 5.41) is 3.26. The van der Waals surface area contributed by atoms with Crippen molar-refractivity contribution in [1.82, 2.24) is 24.5 Å². The molecule has 142 valence electrons. The first-order valence-electron chi connectivity index (χ1n) is 8.86. The summed E-state index contributed by atoms with van der Waals surface area (Å²) in [6.45, 7) is 4.48. The zero-order chi connectivity index (χ0) is 19.7. The van der Waals surface area contributed by atoms with Crippen LogP contribution < -0.4 is 15.8 Å². The van der Waals surface area contributed by atoms with Crippen LogP contribution in [0.25, 0.3) is 11.2 Å². The minimum absolute atomic E-state index is 0.179. The lowest BCUT2D eigenvalue weighted by molar-refractivity contribution is 0.406. The lowest BCUT2D eigenvalue weighted by atomic mass is 10.1. The number of benzene rings is 1. The molecule has 0 bridgehead atoms. The van der Waals surface area contributed by atoms with E-state index in [1.54, 1.807) is 13.4 Å². The van der Waals surface area contributed by atoms with Gasteiger partial charge in [-0.25, -0.2) is 4.98 Å². The van der Waals surface area contributed by atoms with Gasteiger partial charge in [-0.3, -0.25) is 4.98 Å². The molecule has 0 aliphatic heterocycles. The fourth-order valence-electron chi connectivity index (χ4n) is 3.21. The van der Waals surface area contributed by atoms with Crippen molar-refractivity contribution in [1.29, 1.82) is 0 Å². The zero-order valence-electron chi connectivity index (χ0n) is 16.0. The second kappa shape index (κ2) is 7.15. The number of fused-ring (bicyclic) bond motifs is 1. The lowest BCUT2D eigenvalue weighted by Crippen LogP contribution is -2.07. The SMILES string of the molecule is COc1c(C)cnc(Cn2cnc3c(Nc4ccccc4)nc(N)nc32)c1C. The number of nitrogens with two attached hydrogens (primary N) is 1. The van der Waals surface area contributed by atoms with Gasteiger partial charge in [0, 0.05) is 23.0 Å². The molecule has 0 radical (unpaired) electrons. The molecule has 3 N–H and O–H groups in total. The molecular weight excluding hydrogens is 354 g/mol. The minimum atomic E-state index is 0.179. The van der Waals surface area contributed by atoms with Crippen LogP contribution in [0.3, 0.4) is 0 Å². The van der Waals surface area contributed by atoms with E-state index in [-0.39, 0.29) is 5.95 Å². The van der Waals surface area contributed by atoms with Crippen LogP contribution in [0.4, 0.5) is 17.5 Å². The third-order valence-corrected chi connectivity index (χ3v) is 4.59. The molecule has 0 atom stereocenters. The summed E-state index contributed by atoms with van der Waals surface area (Å²) in [7, 11) is 1.67. The van der Waals surface area contributed by atoms with E-state index in [0.717, 1.165) is 28.3 Å². The molecule has 0 amide bonds. The molecule has 3 aromatic heterocycles. The summed E-state index contributed by atoms with van der Waals surface area (Å²) >= 11 is 0. The molecule has 0 spiro atoms. The van der Waals surface area contributed by atoms with Crippen LogP contribution >= 0.6 is 0 Å². The predicted octanol–water partition coefficient (Wildman–Crippen LogP) is 3.22. The van der Waals surface area contributed by atoms with Gasteiger partial charge >= 0.3 is 0 Å². The highest BCUT2D eigenvalue weighted by atomic mass is 16.5. The lowest BCUT2D eigenvalue weighted by Gasteiger charge is -2.13. The molecule has 8 nitrogen and oxygen atoms in total. The maximum Gasteiger partial charge on any atom is 0.224 e. The van der Waals surface area contributed by atoms with Crippen LogP contribution in [0.1, 0.15) is 16.8 Å². The quantitative estimate of drug-likeness (QED) is 0.552. The first-order chi connectivity index (χ1) is 13.6. The Labute approximate surface area is 162 Å². The van der Waals surface area contributed by atoms with Gasteiger partial charge in [-0.1, -0.05) is 18.2 Å². The van der Waals surface area contributed by atoms with Crippen molar-refractivity contribution in [3.05, 3.63) is 59.7 Å². The number of nitrogens with one attached hydrogen (secondary N) is 1. The fraction of sp³-hybridized carbons (Fsp3) is 0.200. The van der Waals surface area contributed by atoms with Crippen molar-refractivity contribution < 1.29 is 4.74 Å². The Morgan fingerprint density at radius 1 is 1.11 bits per heavy atom. The van der Waals surface area contributed by atoms with Crippen molar-refractivity contribution >= 4 is 28.6 Å². The smallest absolute Gasteiger partial charge is 0.224 e. The number of aromatic nitrogens is 5. The van der Waals surface area contributed by atoms with E-state index >= 15 is 0 Å². The standard InChI is InChI=1S/C20H21N7O/c1-12-9-22-15(13(2)17(12)28-3)10-27-11-23-16-18(25-20(21)26-19(16)27)24-14-7-5-4-6-8-14/h4-9,11H,10H2,1-3H3,(H3,21,24,25,26). The second-order valence-corrected chi connectivity index (χ2v) is 6.51. The van der Waals surface area contributed by atoms with Crippen LogP contribution in [0, 0.1) is 13.8 Å². The van der Waals surface area contributed by atoms with Gasteiger partial charge in [0.25, 0.3) is 0 Å². The van der Waals surface area contributed by atoms with Crippen molar-refractivity contribution in [2.75, 3.05) is 18.2 Å². The number of imidazole rings is 1. The molecular formula is C20H21N7O. The number of pyridine rings is 1. The van der Waals surface area contributed by atoms with E-state index in [9.17, 15) is 0 Å².